The SMILES string of the molecule is FC(F)(F)Cn1ccc2c(OC3CCN(Cc4cc5n(n4)CCOC5)CC3)cccc21. The van der Waals surface area contributed by atoms with Crippen molar-refractivity contribution < 1.29 is 22.6 Å². The summed E-state index contributed by atoms with van der Waals surface area (Å²) in [5, 5.41) is 5.40. The molecule has 9 heteroatoms. The summed E-state index contributed by atoms with van der Waals surface area (Å²) in [6.45, 7) is 3.75. The normalized spacial score (nSPS) is 18.4. The molecule has 0 saturated carbocycles. The second-order valence-electron chi connectivity index (χ2n) is 8.24. The molecule has 4 heterocycles. The van der Waals surface area contributed by atoms with Crippen LogP contribution >= 0.6 is 0 Å². The number of nitrogens with zero attached hydrogens (tertiary/aromatic N) is 4. The number of aromatic nitrogens is 3. The summed E-state index contributed by atoms with van der Waals surface area (Å²) in [5.41, 5.74) is 2.74. The highest BCUT2D eigenvalue weighted by atomic mass is 19.4. The summed E-state index contributed by atoms with van der Waals surface area (Å²) in [7, 11) is 0. The number of fused-ring (bicyclic) bond motifs is 2. The zero-order valence-corrected chi connectivity index (χ0v) is 17.1. The number of likely N-dealkylation sites (tertiary alicyclic amines) is 1. The highest BCUT2D eigenvalue weighted by Crippen LogP contribution is 2.31. The summed E-state index contributed by atoms with van der Waals surface area (Å²) < 4.78 is 53.4. The van der Waals surface area contributed by atoms with Crippen LogP contribution in [0.15, 0.2) is 36.5 Å². The van der Waals surface area contributed by atoms with E-state index in [0.29, 0.717) is 24.5 Å². The molecule has 166 valence electrons. The average molecular weight is 434 g/mol. The highest BCUT2D eigenvalue weighted by molar-refractivity contribution is 5.86. The molecule has 0 spiro atoms. The van der Waals surface area contributed by atoms with Crippen LogP contribution in [0.25, 0.3) is 10.9 Å². The van der Waals surface area contributed by atoms with Crippen LogP contribution in [0, 0.1) is 0 Å². The molecular weight excluding hydrogens is 409 g/mol. The Bertz CT molecular complexity index is 1030. The monoisotopic (exact) mass is 434 g/mol. The molecule has 0 atom stereocenters. The average Bonchev–Trinajstić information content (AvgIpc) is 3.32. The molecule has 3 aromatic rings. The van der Waals surface area contributed by atoms with Crippen LogP contribution < -0.4 is 4.74 Å². The lowest BCUT2D eigenvalue weighted by Crippen LogP contribution is -2.37. The molecule has 6 nitrogen and oxygen atoms in total. The van der Waals surface area contributed by atoms with Gasteiger partial charge in [0.25, 0.3) is 0 Å². The smallest absolute Gasteiger partial charge is 0.406 e. The van der Waals surface area contributed by atoms with E-state index in [-0.39, 0.29) is 6.10 Å². The van der Waals surface area contributed by atoms with E-state index in [1.165, 1.54) is 10.8 Å². The zero-order valence-electron chi connectivity index (χ0n) is 17.1. The first-order chi connectivity index (χ1) is 14.9. The van der Waals surface area contributed by atoms with Gasteiger partial charge in [0.15, 0.2) is 0 Å². The van der Waals surface area contributed by atoms with Gasteiger partial charge >= 0.3 is 6.18 Å². The van der Waals surface area contributed by atoms with E-state index in [9.17, 15) is 13.2 Å². The molecule has 2 aromatic heterocycles. The predicted octanol–water partition coefficient (Wildman–Crippen LogP) is 3.97. The fourth-order valence-corrected chi connectivity index (χ4v) is 4.45. The van der Waals surface area contributed by atoms with Crippen molar-refractivity contribution in [3.05, 3.63) is 47.9 Å². The first-order valence-electron chi connectivity index (χ1n) is 10.6. The van der Waals surface area contributed by atoms with Gasteiger partial charge in [-0.15, -0.1) is 0 Å². The molecular formula is C22H25F3N4O2. The number of benzene rings is 1. The molecule has 0 amide bonds. The minimum absolute atomic E-state index is 0.0522. The van der Waals surface area contributed by atoms with Crippen molar-refractivity contribution in [2.75, 3.05) is 19.7 Å². The Hall–Kier alpha value is -2.52. The molecule has 0 aliphatic carbocycles. The van der Waals surface area contributed by atoms with E-state index in [4.69, 9.17) is 9.47 Å². The van der Waals surface area contributed by atoms with Gasteiger partial charge in [0.05, 0.1) is 36.7 Å². The molecule has 5 rings (SSSR count). The summed E-state index contributed by atoms with van der Waals surface area (Å²) in [6, 6.07) is 9.12. The Kier molecular flexibility index (Phi) is 5.39. The van der Waals surface area contributed by atoms with Crippen LogP contribution in [-0.2, 0) is 31.0 Å². The van der Waals surface area contributed by atoms with Gasteiger partial charge in [-0.05, 0) is 37.1 Å². The van der Waals surface area contributed by atoms with Gasteiger partial charge in [0, 0.05) is 31.2 Å². The second kappa shape index (κ2) is 8.20. The quantitative estimate of drug-likeness (QED) is 0.610. The number of piperidine rings is 1. The third-order valence-corrected chi connectivity index (χ3v) is 5.95. The standard InChI is InChI=1S/C22H25F3N4O2/c23-22(24,25)15-28-9-6-19-20(28)2-1-3-21(19)31-18-4-7-27(8-5-18)13-16-12-17-14-30-11-10-29(17)26-16/h1-3,6,9,12,18H,4-5,7-8,10-11,13-15H2. The third kappa shape index (κ3) is 4.57. The van der Waals surface area contributed by atoms with E-state index in [0.717, 1.165) is 55.8 Å². The van der Waals surface area contributed by atoms with Crippen molar-refractivity contribution >= 4 is 10.9 Å². The predicted molar refractivity (Wildman–Crippen MR) is 109 cm³/mol. The van der Waals surface area contributed by atoms with Gasteiger partial charge in [-0.25, -0.2) is 0 Å². The number of hydrogen-bond donors (Lipinski definition) is 0. The van der Waals surface area contributed by atoms with E-state index < -0.39 is 12.7 Å². The fourth-order valence-electron chi connectivity index (χ4n) is 4.45. The molecule has 1 fully saturated rings. The van der Waals surface area contributed by atoms with E-state index in [1.807, 2.05) is 10.7 Å². The Labute approximate surface area is 178 Å². The van der Waals surface area contributed by atoms with Crippen molar-refractivity contribution in [3.63, 3.8) is 0 Å². The van der Waals surface area contributed by atoms with Crippen molar-refractivity contribution in [2.24, 2.45) is 0 Å². The highest BCUT2D eigenvalue weighted by Gasteiger charge is 2.29. The fraction of sp³-hybridized carbons (Fsp3) is 0.500. The van der Waals surface area contributed by atoms with Crippen LogP contribution in [0.3, 0.4) is 0 Å². The summed E-state index contributed by atoms with van der Waals surface area (Å²) in [4.78, 5) is 2.37. The molecule has 0 bridgehead atoms. The number of ether oxygens (including phenoxy) is 2. The maximum atomic E-state index is 12.8. The van der Waals surface area contributed by atoms with Crippen LogP contribution in [-0.4, -0.2) is 51.2 Å². The summed E-state index contributed by atoms with van der Waals surface area (Å²) in [5.74, 6) is 0.652. The van der Waals surface area contributed by atoms with Gasteiger partial charge in [-0.1, -0.05) is 6.07 Å². The second-order valence-corrected chi connectivity index (χ2v) is 8.24. The van der Waals surface area contributed by atoms with Gasteiger partial charge in [-0.2, -0.15) is 18.3 Å². The molecule has 2 aliphatic heterocycles. The zero-order chi connectivity index (χ0) is 21.4. The van der Waals surface area contributed by atoms with Gasteiger partial charge in [-0.3, -0.25) is 9.58 Å². The Morgan fingerprint density at radius 1 is 1.13 bits per heavy atom. The first kappa shape index (κ1) is 20.4. The van der Waals surface area contributed by atoms with Gasteiger partial charge in [0.1, 0.15) is 18.4 Å². The van der Waals surface area contributed by atoms with Crippen LogP contribution in [0.4, 0.5) is 13.2 Å². The number of hydrogen-bond acceptors (Lipinski definition) is 4. The van der Waals surface area contributed by atoms with Crippen LogP contribution in [0.2, 0.25) is 0 Å². The van der Waals surface area contributed by atoms with E-state index in [2.05, 4.69) is 16.1 Å². The van der Waals surface area contributed by atoms with E-state index in [1.54, 1.807) is 18.2 Å². The van der Waals surface area contributed by atoms with Crippen LogP contribution in [0.5, 0.6) is 5.75 Å². The largest absolute Gasteiger partial charge is 0.490 e. The molecule has 1 aromatic carbocycles. The summed E-state index contributed by atoms with van der Waals surface area (Å²) >= 11 is 0. The number of alkyl halides is 3. The Morgan fingerprint density at radius 2 is 1.97 bits per heavy atom. The molecule has 0 unspecified atom stereocenters. The Balaban J connectivity index is 1.20. The molecule has 0 radical (unpaired) electrons. The molecule has 1 saturated heterocycles. The number of rotatable bonds is 5. The lowest BCUT2D eigenvalue weighted by molar-refractivity contribution is -0.139. The Morgan fingerprint density at radius 3 is 2.74 bits per heavy atom. The van der Waals surface area contributed by atoms with Crippen molar-refractivity contribution in [1.29, 1.82) is 0 Å². The van der Waals surface area contributed by atoms with Crippen molar-refractivity contribution in [1.82, 2.24) is 19.2 Å². The van der Waals surface area contributed by atoms with Crippen LogP contribution in [0.1, 0.15) is 24.2 Å². The molecule has 31 heavy (non-hydrogen) atoms. The lowest BCUT2D eigenvalue weighted by atomic mass is 10.1. The minimum Gasteiger partial charge on any atom is -0.490 e. The van der Waals surface area contributed by atoms with Crippen molar-refractivity contribution in [2.45, 2.75) is 51.4 Å². The van der Waals surface area contributed by atoms with Gasteiger partial charge in [0.2, 0.25) is 0 Å². The van der Waals surface area contributed by atoms with Gasteiger partial charge < -0.3 is 14.0 Å². The maximum Gasteiger partial charge on any atom is 0.406 e. The van der Waals surface area contributed by atoms with E-state index >= 15 is 0 Å². The minimum atomic E-state index is -4.25. The molecule has 0 N–H and O–H groups in total. The van der Waals surface area contributed by atoms with Crippen molar-refractivity contribution in [3.8, 4) is 5.75 Å². The lowest BCUT2D eigenvalue weighted by Gasteiger charge is -2.31. The topological polar surface area (TPSA) is 44.5 Å². The summed E-state index contributed by atoms with van der Waals surface area (Å²) in [6.07, 6.45) is -0.983. The third-order valence-electron chi connectivity index (χ3n) is 5.95. The number of halogens is 3. The maximum absolute atomic E-state index is 12.8. The first-order valence-corrected chi connectivity index (χ1v) is 10.6. The molecule has 2 aliphatic rings.